The second kappa shape index (κ2) is 1.71. The van der Waals surface area contributed by atoms with Gasteiger partial charge >= 0.3 is 0 Å². The summed E-state index contributed by atoms with van der Waals surface area (Å²) in [5, 5.41) is 0.403. The van der Waals surface area contributed by atoms with Crippen LogP contribution < -0.4 is 0 Å². The highest BCUT2D eigenvalue weighted by atomic mass is 79.9. The van der Waals surface area contributed by atoms with Gasteiger partial charge in [0, 0.05) is 5.33 Å². The summed E-state index contributed by atoms with van der Waals surface area (Å²) < 4.78 is 17.1. The molecule has 1 aliphatic rings. The minimum atomic E-state index is -1.04. The maximum absolute atomic E-state index is 12.5. The molecule has 1 heterocycles. The van der Waals surface area contributed by atoms with Crippen LogP contribution in [0.1, 0.15) is 0 Å². The summed E-state index contributed by atoms with van der Waals surface area (Å²) in [7, 11) is 0. The first-order valence-corrected chi connectivity index (χ1v) is 3.22. The summed E-state index contributed by atoms with van der Waals surface area (Å²) in [5.74, 6) is 0. The number of halogens is 2. The van der Waals surface area contributed by atoms with Crippen LogP contribution in [0.2, 0.25) is 0 Å². The van der Waals surface area contributed by atoms with Crippen molar-refractivity contribution in [3.05, 3.63) is 0 Å². The monoisotopic (exact) mass is 168 g/mol. The molecule has 1 rings (SSSR count). The van der Waals surface area contributed by atoms with Gasteiger partial charge in [0.05, 0.1) is 13.2 Å². The SMILES string of the molecule is FC1(CBr)COC1. The van der Waals surface area contributed by atoms with Crippen LogP contribution in [-0.2, 0) is 4.74 Å². The highest BCUT2D eigenvalue weighted by Gasteiger charge is 2.37. The highest BCUT2D eigenvalue weighted by molar-refractivity contribution is 9.09. The Kier molecular flexibility index (Phi) is 1.34. The lowest BCUT2D eigenvalue weighted by atomic mass is 10.1. The van der Waals surface area contributed by atoms with Crippen molar-refractivity contribution in [1.29, 1.82) is 0 Å². The summed E-state index contributed by atoms with van der Waals surface area (Å²) >= 11 is 3.03. The van der Waals surface area contributed by atoms with Crippen LogP contribution in [0.15, 0.2) is 0 Å². The first-order valence-electron chi connectivity index (χ1n) is 2.09. The van der Waals surface area contributed by atoms with E-state index in [0.717, 1.165) is 0 Å². The van der Waals surface area contributed by atoms with E-state index >= 15 is 0 Å². The van der Waals surface area contributed by atoms with Crippen LogP contribution in [0.25, 0.3) is 0 Å². The van der Waals surface area contributed by atoms with Crippen LogP contribution in [-0.4, -0.2) is 24.2 Å². The van der Waals surface area contributed by atoms with Crippen molar-refractivity contribution in [3.8, 4) is 0 Å². The number of hydrogen-bond acceptors (Lipinski definition) is 1. The highest BCUT2D eigenvalue weighted by Crippen LogP contribution is 2.23. The van der Waals surface area contributed by atoms with E-state index in [2.05, 4.69) is 20.7 Å². The molecule has 3 heteroatoms. The molecule has 0 aromatic rings. The maximum atomic E-state index is 12.5. The van der Waals surface area contributed by atoms with E-state index in [1.54, 1.807) is 0 Å². The van der Waals surface area contributed by atoms with Gasteiger partial charge < -0.3 is 4.74 Å². The molecule has 0 unspecified atom stereocenters. The Hall–Kier alpha value is 0.370. The summed E-state index contributed by atoms with van der Waals surface area (Å²) in [6.45, 7) is 0.524. The number of ether oxygens (including phenoxy) is 1. The predicted octanol–water partition coefficient (Wildman–Crippen LogP) is 1.12. The fourth-order valence-corrected chi connectivity index (χ4v) is 0.724. The third-order valence-corrected chi connectivity index (χ3v) is 1.97. The van der Waals surface area contributed by atoms with Gasteiger partial charge in [0.15, 0.2) is 5.67 Å². The third-order valence-electron chi connectivity index (χ3n) is 0.961. The number of alkyl halides is 2. The fourth-order valence-electron chi connectivity index (χ4n) is 0.401. The molecule has 1 aliphatic heterocycles. The topological polar surface area (TPSA) is 9.23 Å². The molecule has 7 heavy (non-hydrogen) atoms. The van der Waals surface area contributed by atoms with Crippen molar-refractivity contribution in [2.45, 2.75) is 5.67 Å². The summed E-state index contributed by atoms with van der Waals surface area (Å²) in [5.41, 5.74) is -1.04. The van der Waals surface area contributed by atoms with Gasteiger partial charge in [-0.3, -0.25) is 0 Å². The van der Waals surface area contributed by atoms with E-state index in [1.807, 2.05) is 0 Å². The lowest BCUT2D eigenvalue weighted by Gasteiger charge is -2.31. The van der Waals surface area contributed by atoms with Crippen molar-refractivity contribution in [3.63, 3.8) is 0 Å². The molecule has 0 aromatic carbocycles. The quantitative estimate of drug-likeness (QED) is 0.534. The molecular formula is C4H6BrFO. The molecule has 0 atom stereocenters. The largest absolute Gasteiger partial charge is 0.375 e. The van der Waals surface area contributed by atoms with Gasteiger partial charge in [-0.1, -0.05) is 15.9 Å². The Morgan fingerprint density at radius 2 is 2.29 bits per heavy atom. The molecular weight excluding hydrogens is 163 g/mol. The van der Waals surface area contributed by atoms with Crippen molar-refractivity contribution in [2.75, 3.05) is 18.5 Å². The summed E-state index contributed by atoms with van der Waals surface area (Å²) in [6.07, 6.45) is 0. The second-order valence-electron chi connectivity index (χ2n) is 1.78. The summed E-state index contributed by atoms with van der Waals surface area (Å²) in [6, 6.07) is 0. The van der Waals surface area contributed by atoms with Crippen molar-refractivity contribution in [1.82, 2.24) is 0 Å². The average molecular weight is 169 g/mol. The maximum Gasteiger partial charge on any atom is 0.166 e. The molecule has 0 aromatic heterocycles. The zero-order valence-corrected chi connectivity index (χ0v) is 5.37. The van der Waals surface area contributed by atoms with Crippen molar-refractivity contribution < 1.29 is 9.13 Å². The molecule has 0 aliphatic carbocycles. The molecule has 1 fully saturated rings. The van der Waals surface area contributed by atoms with Crippen LogP contribution in [0, 0.1) is 0 Å². The minimum absolute atomic E-state index is 0.262. The molecule has 0 bridgehead atoms. The molecule has 1 nitrogen and oxygen atoms in total. The first kappa shape index (κ1) is 5.51. The molecule has 0 N–H and O–H groups in total. The Morgan fingerprint density at radius 3 is 2.29 bits per heavy atom. The van der Waals surface area contributed by atoms with E-state index in [-0.39, 0.29) is 13.2 Å². The molecule has 42 valence electrons. The van der Waals surface area contributed by atoms with E-state index in [9.17, 15) is 4.39 Å². The van der Waals surface area contributed by atoms with Crippen molar-refractivity contribution in [2.24, 2.45) is 0 Å². The smallest absolute Gasteiger partial charge is 0.166 e. The van der Waals surface area contributed by atoms with Crippen LogP contribution >= 0.6 is 15.9 Å². The number of rotatable bonds is 1. The third kappa shape index (κ3) is 0.941. The molecule has 0 amide bonds. The molecule has 0 radical (unpaired) electrons. The van der Waals surface area contributed by atoms with Gasteiger partial charge in [-0.25, -0.2) is 4.39 Å². The molecule has 1 saturated heterocycles. The van der Waals surface area contributed by atoms with E-state index < -0.39 is 5.67 Å². The predicted molar refractivity (Wildman–Crippen MR) is 28.5 cm³/mol. The summed E-state index contributed by atoms with van der Waals surface area (Å²) in [4.78, 5) is 0. The second-order valence-corrected chi connectivity index (χ2v) is 2.34. The van der Waals surface area contributed by atoms with Gasteiger partial charge in [0.2, 0.25) is 0 Å². The zero-order valence-electron chi connectivity index (χ0n) is 3.79. The Balaban J connectivity index is 2.29. The first-order chi connectivity index (χ1) is 3.27. The van der Waals surface area contributed by atoms with E-state index in [4.69, 9.17) is 0 Å². The fraction of sp³-hybridized carbons (Fsp3) is 1.00. The van der Waals surface area contributed by atoms with Crippen LogP contribution in [0.4, 0.5) is 4.39 Å². The normalized spacial score (nSPS) is 26.6. The van der Waals surface area contributed by atoms with E-state index in [0.29, 0.717) is 5.33 Å². The Morgan fingerprint density at radius 1 is 1.71 bits per heavy atom. The Bertz CT molecular complexity index is 66.6. The zero-order chi connectivity index (χ0) is 5.33. The minimum Gasteiger partial charge on any atom is -0.375 e. The van der Waals surface area contributed by atoms with Gasteiger partial charge in [-0.15, -0.1) is 0 Å². The lowest BCUT2D eigenvalue weighted by Crippen LogP contribution is -2.46. The van der Waals surface area contributed by atoms with Crippen molar-refractivity contribution >= 4 is 15.9 Å². The van der Waals surface area contributed by atoms with Gasteiger partial charge in [-0.2, -0.15) is 0 Å². The van der Waals surface area contributed by atoms with Gasteiger partial charge in [-0.05, 0) is 0 Å². The molecule has 0 saturated carbocycles. The van der Waals surface area contributed by atoms with E-state index in [1.165, 1.54) is 0 Å². The average Bonchev–Trinajstić information content (AvgIpc) is 1.61. The van der Waals surface area contributed by atoms with Gasteiger partial charge in [0.25, 0.3) is 0 Å². The van der Waals surface area contributed by atoms with Gasteiger partial charge in [0.1, 0.15) is 0 Å². The Labute approximate surface area is 50.0 Å². The number of hydrogen-bond donors (Lipinski definition) is 0. The standard InChI is InChI=1S/C4H6BrFO/c5-1-4(6)2-7-3-4/h1-3H2. The van der Waals surface area contributed by atoms with Crippen LogP contribution in [0.5, 0.6) is 0 Å². The van der Waals surface area contributed by atoms with Crippen LogP contribution in [0.3, 0.4) is 0 Å². The lowest BCUT2D eigenvalue weighted by molar-refractivity contribution is -0.114. The molecule has 0 spiro atoms.